The highest BCUT2D eigenvalue weighted by Gasteiger charge is 2.54. The first-order valence-corrected chi connectivity index (χ1v) is 12.7. The van der Waals surface area contributed by atoms with Gasteiger partial charge in [0.05, 0.1) is 4.90 Å². The second-order valence-electron chi connectivity index (χ2n) is 8.91. The quantitative estimate of drug-likeness (QED) is 0.625. The number of ether oxygens (including phenoxy) is 1. The third-order valence-electron chi connectivity index (χ3n) is 6.46. The van der Waals surface area contributed by atoms with Gasteiger partial charge in [0.15, 0.2) is 21.2 Å². The van der Waals surface area contributed by atoms with Crippen molar-refractivity contribution >= 4 is 27.7 Å². The first-order chi connectivity index (χ1) is 15.2. The van der Waals surface area contributed by atoms with Crippen LogP contribution in [-0.4, -0.2) is 43.7 Å². The molecule has 2 aliphatic carbocycles. The number of hydrogen-bond donors (Lipinski definition) is 2. The molecule has 176 valence electrons. The lowest BCUT2D eigenvalue weighted by atomic mass is 9.96. The molecule has 1 aromatic carbocycles. The van der Waals surface area contributed by atoms with Gasteiger partial charge in [0.25, 0.3) is 5.91 Å². The second-order valence-corrected chi connectivity index (χ2v) is 11.1. The smallest absolute Gasteiger partial charge is 0.328 e. The maximum absolute atomic E-state index is 13.5. The van der Waals surface area contributed by atoms with E-state index in [1.807, 2.05) is 6.07 Å². The fraction of sp³-hybridized carbons (Fsp3) is 0.609. The molecule has 0 atom stereocenters. The monoisotopic (exact) mass is 464 g/mol. The van der Waals surface area contributed by atoms with Crippen LogP contribution >= 0.6 is 0 Å². The predicted molar refractivity (Wildman–Crippen MR) is 119 cm³/mol. The number of imide groups is 1. The zero-order valence-electron chi connectivity index (χ0n) is 18.7. The van der Waals surface area contributed by atoms with Crippen molar-refractivity contribution in [2.75, 3.05) is 6.61 Å². The largest absolute Gasteiger partial charge is 0.454 e. The van der Waals surface area contributed by atoms with E-state index in [1.165, 1.54) is 0 Å². The van der Waals surface area contributed by atoms with E-state index in [0.29, 0.717) is 18.4 Å². The summed E-state index contributed by atoms with van der Waals surface area (Å²) in [6.45, 7) is 2.78. The summed E-state index contributed by atoms with van der Waals surface area (Å²) >= 11 is 0. The van der Waals surface area contributed by atoms with Crippen LogP contribution in [0, 0.1) is 13.8 Å². The van der Waals surface area contributed by atoms with E-state index < -0.39 is 39.1 Å². The number of benzene rings is 1. The molecule has 8 nitrogen and oxygen atoms in total. The average molecular weight is 465 g/mol. The Bertz CT molecular complexity index is 976. The molecular formula is C23H32N2O6S. The number of aryl methyl sites for hydroxylation is 2. The normalized spacial score (nSPS) is 18.7. The number of hydrogen-bond acceptors (Lipinski definition) is 6. The molecule has 3 amide bonds. The van der Waals surface area contributed by atoms with Crippen LogP contribution in [0.3, 0.4) is 0 Å². The molecule has 0 spiro atoms. The van der Waals surface area contributed by atoms with Crippen molar-refractivity contribution in [2.45, 2.75) is 87.3 Å². The Morgan fingerprint density at radius 1 is 1.03 bits per heavy atom. The topological polar surface area (TPSA) is 119 Å². The lowest BCUT2D eigenvalue weighted by molar-refractivity contribution is -0.150. The third kappa shape index (κ3) is 5.14. The van der Waals surface area contributed by atoms with Crippen LogP contribution in [0.15, 0.2) is 23.1 Å². The first-order valence-electron chi connectivity index (χ1n) is 11.3. The molecule has 9 heteroatoms. The Balaban J connectivity index is 1.65. The van der Waals surface area contributed by atoms with Gasteiger partial charge < -0.3 is 10.1 Å². The number of amides is 3. The van der Waals surface area contributed by atoms with E-state index in [2.05, 4.69) is 10.6 Å². The molecule has 3 rings (SSSR count). The maximum atomic E-state index is 13.5. The van der Waals surface area contributed by atoms with Gasteiger partial charge in [-0.1, -0.05) is 44.2 Å². The summed E-state index contributed by atoms with van der Waals surface area (Å²) in [5.74, 6) is -1.72. The van der Waals surface area contributed by atoms with Gasteiger partial charge >= 0.3 is 12.0 Å². The fourth-order valence-corrected chi connectivity index (χ4v) is 6.99. The number of nitrogens with one attached hydrogen (secondary N) is 2. The van der Waals surface area contributed by atoms with Crippen molar-refractivity contribution < 1.29 is 27.5 Å². The lowest BCUT2D eigenvalue weighted by Gasteiger charge is -2.27. The molecule has 0 aliphatic heterocycles. The minimum Gasteiger partial charge on any atom is -0.454 e. The Hall–Kier alpha value is -2.42. The van der Waals surface area contributed by atoms with Crippen molar-refractivity contribution in [3.63, 3.8) is 0 Å². The van der Waals surface area contributed by atoms with Crippen LogP contribution in [0.25, 0.3) is 0 Å². The van der Waals surface area contributed by atoms with E-state index in [9.17, 15) is 22.8 Å². The number of carbonyl (C=O) groups is 3. The third-order valence-corrected chi connectivity index (χ3v) is 9.08. The highest BCUT2D eigenvalue weighted by atomic mass is 32.2. The average Bonchev–Trinajstić information content (AvgIpc) is 3.26. The Morgan fingerprint density at radius 3 is 2.34 bits per heavy atom. The molecule has 0 heterocycles. The van der Waals surface area contributed by atoms with Crippen LogP contribution in [0.2, 0.25) is 0 Å². The molecule has 32 heavy (non-hydrogen) atoms. The van der Waals surface area contributed by atoms with E-state index in [4.69, 9.17) is 4.74 Å². The summed E-state index contributed by atoms with van der Waals surface area (Å²) < 4.78 is 30.5. The van der Waals surface area contributed by atoms with Gasteiger partial charge in [0.2, 0.25) is 0 Å². The van der Waals surface area contributed by atoms with Crippen LogP contribution in [0.5, 0.6) is 0 Å². The molecule has 2 aliphatic rings. The molecule has 1 aromatic rings. The Morgan fingerprint density at radius 2 is 1.69 bits per heavy atom. The predicted octanol–water partition coefficient (Wildman–Crippen LogP) is 3.09. The SMILES string of the molecule is Cc1ccc(C)c(S(=O)(=O)C2(C(=O)OCC(=O)NC(=O)NC3CCCCC3)CCCC2)c1. The van der Waals surface area contributed by atoms with Gasteiger partial charge in [-0.05, 0) is 56.7 Å². The summed E-state index contributed by atoms with van der Waals surface area (Å²) in [5, 5.41) is 4.91. The van der Waals surface area contributed by atoms with E-state index in [0.717, 1.165) is 37.7 Å². The fourth-order valence-electron chi connectivity index (χ4n) is 4.63. The molecule has 0 radical (unpaired) electrons. The van der Waals surface area contributed by atoms with Crippen LogP contribution in [0.4, 0.5) is 4.79 Å². The molecule has 0 bridgehead atoms. The lowest BCUT2D eigenvalue weighted by Crippen LogP contribution is -2.48. The molecule has 0 aromatic heterocycles. The van der Waals surface area contributed by atoms with Crippen LogP contribution < -0.4 is 10.6 Å². The summed E-state index contributed by atoms with van der Waals surface area (Å²) in [5.41, 5.74) is 1.34. The zero-order valence-corrected chi connectivity index (χ0v) is 19.6. The van der Waals surface area contributed by atoms with Gasteiger partial charge in [-0.25, -0.2) is 13.2 Å². The van der Waals surface area contributed by atoms with Gasteiger partial charge in [-0.2, -0.15) is 0 Å². The molecule has 0 saturated heterocycles. The van der Waals surface area contributed by atoms with Gasteiger partial charge in [0.1, 0.15) is 0 Å². The molecule has 2 saturated carbocycles. The van der Waals surface area contributed by atoms with Gasteiger partial charge in [0, 0.05) is 6.04 Å². The van der Waals surface area contributed by atoms with Crippen molar-refractivity contribution in [3.8, 4) is 0 Å². The maximum Gasteiger partial charge on any atom is 0.328 e. The zero-order chi connectivity index (χ0) is 23.4. The number of esters is 1. The van der Waals surface area contributed by atoms with Crippen molar-refractivity contribution in [1.29, 1.82) is 0 Å². The highest BCUT2D eigenvalue weighted by molar-refractivity contribution is 7.93. The minimum absolute atomic E-state index is 0.0311. The molecule has 2 N–H and O–H groups in total. The van der Waals surface area contributed by atoms with E-state index >= 15 is 0 Å². The molecule has 2 fully saturated rings. The summed E-state index contributed by atoms with van der Waals surface area (Å²) in [4.78, 5) is 37.3. The van der Waals surface area contributed by atoms with Gasteiger partial charge in [-0.15, -0.1) is 0 Å². The van der Waals surface area contributed by atoms with Crippen molar-refractivity contribution in [1.82, 2.24) is 10.6 Å². The van der Waals surface area contributed by atoms with Crippen LogP contribution in [0.1, 0.15) is 68.9 Å². The summed E-state index contributed by atoms with van der Waals surface area (Å²) in [6, 6.07) is 4.51. The molecule has 0 unspecified atom stereocenters. The highest BCUT2D eigenvalue weighted by Crippen LogP contribution is 2.42. The van der Waals surface area contributed by atoms with Crippen LogP contribution in [-0.2, 0) is 24.2 Å². The Kier molecular flexibility index (Phi) is 7.59. The molecular weight excluding hydrogens is 432 g/mol. The van der Waals surface area contributed by atoms with E-state index in [1.54, 1.807) is 26.0 Å². The Labute approximate surface area is 189 Å². The minimum atomic E-state index is -4.03. The summed E-state index contributed by atoms with van der Waals surface area (Å²) in [7, 11) is -4.03. The first kappa shape index (κ1) is 24.2. The summed E-state index contributed by atoms with van der Waals surface area (Å²) in [6.07, 6.45) is 6.40. The van der Waals surface area contributed by atoms with E-state index in [-0.39, 0.29) is 23.8 Å². The standard InChI is InChI=1S/C23H32N2O6S/c1-16-10-11-17(2)19(14-16)32(29,30)23(12-6-7-13-23)21(27)31-15-20(26)25-22(28)24-18-8-4-3-5-9-18/h10-11,14,18H,3-9,12-13,15H2,1-2H3,(H2,24,25,26,28). The van der Waals surface area contributed by atoms with Gasteiger partial charge in [-0.3, -0.25) is 14.9 Å². The van der Waals surface area contributed by atoms with Crippen molar-refractivity contribution in [3.05, 3.63) is 29.3 Å². The second kappa shape index (κ2) is 10.0. The number of sulfone groups is 1. The number of urea groups is 1. The number of rotatable bonds is 6. The van der Waals surface area contributed by atoms with Crippen molar-refractivity contribution in [2.24, 2.45) is 0 Å². The number of carbonyl (C=O) groups excluding carboxylic acids is 3.